The Bertz CT molecular complexity index is 4070. The predicted molar refractivity (Wildman–Crippen MR) is 285 cm³/mol. The zero-order valence-electron chi connectivity index (χ0n) is 38.7. The Labute approximate surface area is 395 Å². The molecular formula is C63H46BN2O2. The molecule has 12 aromatic rings. The fourth-order valence-electron chi connectivity index (χ4n) is 11.6. The zero-order chi connectivity index (χ0) is 45.6. The Morgan fingerprint density at radius 1 is 0.515 bits per heavy atom. The van der Waals surface area contributed by atoms with Gasteiger partial charge in [0.2, 0.25) is 0 Å². The van der Waals surface area contributed by atoms with E-state index in [1.165, 1.54) is 49.6 Å². The molecule has 5 heteroatoms. The third-order valence-electron chi connectivity index (χ3n) is 15.0. The molecule has 1 N–H and O–H groups in total. The first kappa shape index (κ1) is 39.2. The van der Waals surface area contributed by atoms with Crippen LogP contribution in [0.1, 0.15) is 51.3 Å². The van der Waals surface area contributed by atoms with Crippen LogP contribution in [-0.4, -0.2) is 11.8 Å². The van der Waals surface area contributed by atoms with Gasteiger partial charge in [0.1, 0.15) is 22.5 Å². The van der Waals surface area contributed by atoms with Crippen LogP contribution in [0.2, 0.25) is 0 Å². The lowest BCUT2D eigenvalue weighted by Crippen LogP contribution is -2.37. The van der Waals surface area contributed by atoms with Crippen molar-refractivity contribution in [3.63, 3.8) is 0 Å². The molecule has 68 heavy (non-hydrogen) atoms. The standard InChI is InChI=1S/C63H46BN2O2/c1-62(2,3)38-24-26-39(27-25-38)65-52-33-50-44(40-20-12-14-22-49(40)63(50,4)5)30-45(52)42-28-29-43-46-31-47-41-21-13-15-23-55(41)67-57(47)35-53(46)66-54-32-48-56(34-51(54)64-59(42)60(43)66)68-61(37-18-10-7-11-19-37)58(48)36-16-8-6-9-17-36/h6-35,65H,1-5H3. The normalized spacial score (nSPS) is 13.6. The van der Waals surface area contributed by atoms with E-state index in [1.54, 1.807) is 0 Å². The van der Waals surface area contributed by atoms with Crippen LogP contribution < -0.4 is 16.2 Å². The van der Waals surface area contributed by atoms with Crippen LogP contribution in [0, 0.1) is 0 Å². The van der Waals surface area contributed by atoms with E-state index in [0.717, 1.165) is 94.5 Å². The summed E-state index contributed by atoms with van der Waals surface area (Å²) >= 11 is 0. The highest BCUT2D eigenvalue weighted by molar-refractivity contribution is 6.73. The first-order valence-corrected chi connectivity index (χ1v) is 23.7. The van der Waals surface area contributed by atoms with E-state index in [1.807, 2.05) is 6.07 Å². The van der Waals surface area contributed by atoms with Crippen molar-refractivity contribution in [1.29, 1.82) is 0 Å². The first-order chi connectivity index (χ1) is 33.1. The summed E-state index contributed by atoms with van der Waals surface area (Å²) in [5.41, 5.74) is 22.4. The topological polar surface area (TPSA) is 43.2 Å². The van der Waals surface area contributed by atoms with Crippen molar-refractivity contribution in [2.24, 2.45) is 0 Å². The molecule has 1 aliphatic carbocycles. The Morgan fingerprint density at radius 3 is 2.03 bits per heavy atom. The van der Waals surface area contributed by atoms with Crippen molar-refractivity contribution >= 4 is 84.3 Å². The molecule has 0 saturated carbocycles. The highest BCUT2D eigenvalue weighted by Gasteiger charge is 2.37. The second kappa shape index (κ2) is 14.0. The Kier molecular flexibility index (Phi) is 8.07. The van der Waals surface area contributed by atoms with Crippen LogP contribution in [0.5, 0.6) is 0 Å². The molecule has 1 aliphatic heterocycles. The molecule has 9 aromatic carbocycles. The molecular weight excluding hydrogens is 828 g/mol. The molecule has 0 amide bonds. The Balaban J connectivity index is 1.06. The van der Waals surface area contributed by atoms with Gasteiger partial charge in [-0.2, -0.15) is 0 Å². The SMILES string of the molecule is CC(C)(C)c1ccc(Nc2cc3c(cc2-c2ccc4c5cc6c(cc5n5c4c2[B]c2cc4oc(-c7ccccc7)c(-c7ccccc7)c4cc2-5)oc2ccccc26)-c2ccccc2C3(C)C)cc1. The van der Waals surface area contributed by atoms with Crippen LogP contribution >= 0.6 is 0 Å². The maximum absolute atomic E-state index is 7.01. The Morgan fingerprint density at radius 2 is 1.24 bits per heavy atom. The van der Waals surface area contributed by atoms with Gasteiger partial charge in [-0.1, -0.05) is 167 Å². The van der Waals surface area contributed by atoms with Crippen LogP contribution in [-0.2, 0) is 10.8 Å². The summed E-state index contributed by atoms with van der Waals surface area (Å²) in [7, 11) is 2.41. The summed E-state index contributed by atoms with van der Waals surface area (Å²) in [5.74, 6) is 0.867. The fraction of sp³-hybridized carbons (Fsp3) is 0.111. The van der Waals surface area contributed by atoms with E-state index in [9.17, 15) is 0 Å². The smallest absolute Gasteiger partial charge is 0.198 e. The van der Waals surface area contributed by atoms with Gasteiger partial charge in [-0.05, 0) is 98.4 Å². The summed E-state index contributed by atoms with van der Waals surface area (Å²) in [6, 6.07) is 66.3. The van der Waals surface area contributed by atoms with Gasteiger partial charge in [0, 0.05) is 77.7 Å². The number of aromatic nitrogens is 1. The number of nitrogens with zero attached hydrogens (tertiary/aromatic N) is 1. The lowest BCUT2D eigenvalue weighted by atomic mass is 9.59. The van der Waals surface area contributed by atoms with Gasteiger partial charge in [-0.25, -0.2) is 0 Å². The summed E-state index contributed by atoms with van der Waals surface area (Å²) in [5, 5.41) is 9.68. The molecule has 4 nitrogen and oxygen atoms in total. The van der Waals surface area contributed by atoms with Gasteiger partial charge in [0.25, 0.3) is 0 Å². The van der Waals surface area contributed by atoms with Crippen molar-refractivity contribution < 1.29 is 8.83 Å². The van der Waals surface area contributed by atoms with Crippen LogP contribution in [0.4, 0.5) is 11.4 Å². The number of nitrogens with one attached hydrogen (secondary N) is 1. The predicted octanol–water partition coefficient (Wildman–Crippen LogP) is 15.7. The summed E-state index contributed by atoms with van der Waals surface area (Å²) in [4.78, 5) is 0. The molecule has 0 unspecified atom stereocenters. The second-order valence-electron chi connectivity index (χ2n) is 20.4. The molecule has 14 rings (SSSR count). The molecule has 0 saturated heterocycles. The fourth-order valence-corrected chi connectivity index (χ4v) is 11.6. The number of hydrogen-bond donors (Lipinski definition) is 1. The average Bonchev–Trinajstić information content (AvgIpc) is 4.07. The lowest BCUT2D eigenvalue weighted by molar-refractivity contribution is 0.590. The van der Waals surface area contributed by atoms with Crippen molar-refractivity contribution in [2.75, 3.05) is 5.32 Å². The molecule has 0 spiro atoms. The van der Waals surface area contributed by atoms with Gasteiger partial charge in [-0.3, -0.25) is 0 Å². The van der Waals surface area contributed by atoms with Gasteiger partial charge < -0.3 is 18.7 Å². The highest BCUT2D eigenvalue weighted by atomic mass is 16.3. The van der Waals surface area contributed by atoms with E-state index in [0.29, 0.717) is 0 Å². The lowest BCUT2D eigenvalue weighted by Gasteiger charge is -2.26. The third-order valence-corrected chi connectivity index (χ3v) is 15.0. The number of hydrogen-bond acceptors (Lipinski definition) is 3. The summed E-state index contributed by atoms with van der Waals surface area (Å²) in [6.07, 6.45) is 0. The number of furan rings is 2. The first-order valence-electron chi connectivity index (χ1n) is 23.7. The average molecular weight is 874 g/mol. The van der Waals surface area contributed by atoms with E-state index < -0.39 is 0 Å². The minimum Gasteiger partial charge on any atom is -0.456 e. The van der Waals surface area contributed by atoms with Crippen LogP contribution in [0.25, 0.3) is 105 Å². The van der Waals surface area contributed by atoms with E-state index in [4.69, 9.17) is 8.83 Å². The maximum Gasteiger partial charge on any atom is 0.198 e. The van der Waals surface area contributed by atoms with E-state index >= 15 is 0 Å². The highest BCUT2D eigenvalue weighted by Crippen LogP contribution is 2.52. The molecule has 2 aliphatic rings. The molecule has 1 radical (unpaired) electrons. The second-order valence-corrected chi connectivity index (χ2v) is 20.4. The van der Waals surface area contributed by atoms with Gasteiger partial charge in [0.15, 0.2) is 7.28 Å². The maximum atomic E-state index is 7.01. The molecule has 3 aromatic heterocycles. The van der Waals surface area contributed by atoms with Gasteiger partial charge in [0.05, 0.1) is 5.52 Å². The molecule has 0 bridgehead atoms. The number of benzene rings is 9. The number of anilines is 2. The monoisotopic (exact) mass is 873 g/mol. The van der Waals surface area contributed by atoms with E-state index in [-0.39, 0.29) is 10.8 Å². The van der Waals surface area contributed by atoms with E-state index in [2.05, 4.69) is 228 Å². The molecule has 0 atom stereocenters. The van der Waals surface area contributed by atoms with Crippen molar-refractivity contribution in [3.8, 4) is 50.4 Å². The zero-order valence-corrected chi connectivity index (χ0v) is 38.7. The van der Waals surface area contributed by atoms with Gasteiger partial charge >= 0.3 is 0 Å². The van der Waals surface area contributed by atoms with Crippen molar-refractivity contribution in [2.45, 2.75) is 45.4 Å². The number of rotatable bonds is 5. The summed E-state index contributed by atoms with van der Waals surface area (Å²) < 4.78 is 16.1. The van der Waals surface area contributed by atoms with Crippen LogP contribution in [0.15, 0.2) is 191 Å². The van der Waals surface area contributed by atoms with Crippen molar-refractivity contribution in [3.05, 3.63) is 199 Å². The molecule has 323 valence electrons. The number of fused-ring (bicyclic) bond motifs is 12. The minimum atomic E-state index is -0.167. The third kappa shape index (κ3) is 5.62. The quantitative estimate of drug-likeness (QED) is 0.175. The molecule has 0 fully saturated rings. The largest absolute Gasteiger partial charge is 0.456 e. The molecule has 4 heterocycles. The Hall–Kier alpha value is -8.02. The van der Waals surface area contributed by atoms with Crippen molar-refractivity contribution in [1.82, 2.24) is 4.57 Å². The number of para-hydroxylation sites is 1. The summed E-state index contributed by atoms with van der Waals surface area (Å²) in [6.45, 7) is 11.5. The van der Waals surface area contributed by atoms with Gasteiger partial charge in [-0.15, -0.1) is 0 Å². The van der Waals surface area contributed by atoms with Crippen LogP contribution in [0.3, 0.4) is 0 Å². The minimum absolute atomic E-state index is 0.0544.